The Balaban J connectivity index is 1.90. The van der Waals surface area contributed by atoms with E-state index in [2.05, 4.69) is 0 Å². The average Bonchev–Trinajstić information content (AvgIpc) is 3.05. The lowest BCUT2D eigenvalue weighted by Gasteiger charge is -2.25. The summed E-state index contributed by atoms with van der Waals surface area (Å²) in [5.41, 5.74) is 0.978. The van der Waals surface area contributed by atoms with Crippen molar-refractivity contribution in [1.29, 1.82) is 0 Å². The van der Waals surface area contributed by atoms with Gasteiger partial charge in [-0.05, 0) is 53.6 Å². The number of aliphatic hydroxyl groups is 1. The van der Waals surface area contributed by atoms with Gasteiger partial charge < -0.3 is 19.8 Å². The highest BCUT2D eigenvalue weighted by molar-refractivity contribution is 6.46. The number of aliphatic hydroxyl groups excluding tert-OH is 1. The Kier molecular flexibility index (Phi) is 6.07. The zero-order chi connectivity index (χ0) is 23.7. The quantitative estimate of drug-likeness (QED) is 0.319. The Morgan fingerprint density at radius 1 is 1.09 bits per heavy atom. The zero-order valence-electron chi connectivity index (χ0n) is 17.5. The number of ketones is 1. The monoisotopic (exact) mass is 467 g/mol. The molecule has 1 aliphatic rings. The summed E-state index contributed by atoms with van der Waals surface area (Å²) in [6, 6.07) is 15.1. The van der Waals surface area contributed by atoms with Crippen LogP contribution in [0.15, 0.2) is 72.3 Å². The van der Waals surface area contributed by atoms with E-state index >= 15 is 0 Å². The normalized spacial score (nSPS) is 17.4. The topological polar surface area (TPSA) is 87.1 Å². The zero-order valence-corrected chi connectivity index (χ0v) is 18.2. The van der Waals surface area contributed by atoms with Crippen LogP contribution in [0.2, 0.25) is 5.02 Å². The highest BCUT2D eigenvalue weighted by atomic mass is 35.5. The van der Waals surface area contributed by atoms with Crippen molar-refractivity contribution in [2.75, 3.05) is 7.11 Å². The number of ether oxygens (including phenoxy) is 1. The number of hydrogen-bond acceptors (Lipinski definition) is 5. The third-order valence-electron chi connectivity index (χ3n) is 5.41. The summed E-state index contributed by atoms with van der Waals surface area (Å²) in [6.07, 6.45) is 0. The first-order valence-corrected chi connectivity index (χ1v) is 10.3. The molecule has 6 nitrogen and oxygen atoms in total. The molecule has 1 unspecified atom stereocenters. The highest BCUT2D eigenvalue weighted by Gasteiger charge is 2.46. The van der Waals surface area contributed by atoms with E-state index in [1.165, 1.54) is 60.5 Å². The lowest BCUT2D eigenvalue weighted by atomic mass is 9.94. The predicted molar refractivity (Wildman–Crippen MR) is 120 cm³/mol. The van der Waals surface area contributed by atoms with Crippen molar-refractivity contribution < 1.29 is 28.9 Å². The maximum absolute atomic E-state index is 13.4. The van der Waals surface area contributed by atoms with Crippen LogP contribution >= 0.6 is 11.6 Å². The standard InChI is InChI=1S/C25H19ClFNO5/c1-33-20-10-7-16(26)12-19(20)23(30)21-22(15-3-2-4-18(29)11-15)28(25(32)24(21)31)13-14-5-8-17(27)9-6-14/h2-12,22,29-30H,13H2,1H3/b23-21+. The van der Waals surface area contributed by atoms with Crippen LogP contribution in [-0.4, -0.2) is 33.9 Å². The van der Waals surface area contributed by atoms with Crippen LogP contribution in [-0.2, 0) is 16.1 Å². The summed E-state index contributed by atoms with van der Waals surface area (Å²) < 4.78 is 18.7. The van der Waals surface area contributed by atoms with Gasteiger partial charge in [-0.1, -0.05) is 35.9 Å². The summed E-state index contributed by atoms with van der Waals surface area (Å²) in [7, 11) is 1.40. The molecule has 0 aromatic heterocycles. The van der Waals surface area contributed by atoms with Crippen molar-refractivity contribution in [3.05, 3.63) is 99.8 Å². The Hall–Kier alpha value is -3.84. The molecule has 0 saturated carbocycles. The molecule has 168 valence electrons. The Bertz CT molecular complexity index is 1270. The minimum atomic E-state index is -1.01. The summed E-state index contributed by atoms with van der Waals surface area (Å²) in [6.45, 7) is -0.0192. The third-order valence-corrected chi connectivity index (χ3v) is 5.64. The van der Waals surface area contributed by atoms with Crippen molar-refractivity contribution in [3.8, 4) is 11.5 Å². The number of rotatable bonds is 5. The second kappa shape index (κ2) is 8.96. The molecule has 3 aromatic rings. The van der Waals surface area contributed by atoms with Crippen molar-refractivity contribution >= 4 is 29.1 Å². The van der Waals surface area contributed by atoms with Crippen molar-refractivity contribution in [1.82, 2.24) is 4.90 Å². The van der Waals surface area contributed by atoms with Gasteiger partial charge in [0.15, 0.2) is 0 Å². The number of methoxy groups -OCH3 is 1. The maximum atomic E-state index is 13.4. The highest BCUT2D eigenvalue weighted by Crippen LogP contribution is 2.42. The first kappa shape index (κ1) is 22.4. The fourth-order valence-electron chi connectivity index (χ4n) is 3.88. The van der Waals surface area contributed by atoms with E-state index in [0.717, 1.165) is 0 Å². The average molecular weight is 468 g/mol. The van der Waals surface area contributed by atoms with E-state index in [0.29, 0.717) is 16.1 Å². The van der Waals surface area contributed by atoms with Crippen LogP contribution in [0.3, 0.4) is 0 Å². The molecule has 2 N–H and O–H groups in total. The number of benzene rings is 3. The molecule has 4 rings (SSSR count). The summed E-state index contributed by atoms with van der Waals surface area (Å²) in [5.74, 6) is -2.43. The number of carbonyl (C=O) groups is 2. The van der Waals surface area contributed by atoms with Gasteiger partial charge in [0.05, 0.1) is 24.3 Å². The van der Waals surface area contributed by atoms with E-state index < -0.39 is 29.3 Å². The number of halogens is 2. The number of phenolic OH excluding ortho intramolecular Hbond substituents is 1. The number of likely N-dealkylation sites (tertiary alicyclic amines) is 1. The van der Waals surface area contributed by atoms with Gasteiger partial charge in [-0.15, -0.1) is 0 Å². The van der Waals surface area contributed by atoms with Crippen molar-refractivity contribution in [3.63, 3.8) is 0 Å². The Labute approximate surface area is 194 Å². The van der Waals surface area contributed by atoms with Crippen molar-refractivity contribution in [2.24, 2.45) is 0 Å². The molecule has 1 amide bonds. The van der Waals surface area contributed by atoms with Gasteiger partial charge in [-0.25, -0.2) is 4.39 Å². The van der Waals surface area contributed by atoms with Crippen molar-refractivity contribution in [2.45, 2.75) is 12.6 Å². The first-order valence-electron chi connectivity index (χ1n) is 9.96. The molecule has 0 radical (unpaired) electrons. The summed E-state index contributed by atoms with van der Waals surface area (Å²) >= 11 is 6.10. The fraction of sp³-hybridized carbons (Fsp3) is 0.120. The number of Topliss-reactive ketones (excluding diaryl/α,β-unsaturated/α-hetero) is 1. The van der Waals surface area contributed by atoms with Gasteiger partial charge in [0.25, 0.3) is 11.7 Å². The van der Waals surface area contributed by atoms with Crippen LogP contribution in [0.25, 0.3) is 5.76 Å². The minimum Gasteiger partial charge on any atom is -0.508 e. The molecule has 0 spiro atoms. The molecule has 8 heteroatoms. The summed E-state index contributed by atoms with van der Waals surface area (Å²) in [4.78, 5) is 27.4. The van der Waals surface area contributed by atoms with Crippen LogP contribution in [0.1, 0.15) is 22.7 Å². The first-order chi connectivity index (χ1) is 15.8. The fourth-order valence-corrected chi connectivity index (χ4v) is 4.05. The minimum absolute atomic E-state index is 0.0192. The summed E-state index contributed by atoms with van der Waals surface area (Å²) in [5, 5.41) is 21.5. The number of phenols is 1. The molecule has 0 bridgehead atoms. The van der Waals surface area contributed by atoms with E-state index in [9.17, 15) is 24.2 Å². The molecule has 1 atom stereocenters. The van der Waals surface area contributed by atoms with E-state index in [-0.39, 0.29) is 29.2 Å². The van der Waals surface area contributed by atoms with Gasteiger partial charge in [-0.3, -0.25) is 9.59 Å². The van der Waals surface area contributed by atoms with Gasteiger partial charge in [-0.2, -0.15) is 0 Å². The molecule has 33 heavy (non-hydrogen) atoms. The van der Waals surface area contributed by atoms with Crippen LogP contribution in [0, 0.1) is 5.82 Å². The van der Waals surface area contributed by atoms with E-state index in [1.54, 1.807) is 18.2 Å². The number of carbonyl (C=O) groups excluding carboxylic acids is 2. The van der Waals surface area contributed by atoms with E-state index in [1.807, 2.05) is 0 Å². The molecule has 1 saturated heterocycles. The predicted octanol–water partition coefficient (Wildman–Crippen LogP) is 4.82. The number of hydrogen-bond donors (Lipinski definition) is 2. The molecule has 3 aromatic carbocycles. The Morgan fingerprint density at radius 2 is 1.82 bits per heavy atom. The lowest BCUT2D eigenvalue weighted by molar-refractivity contribution is -0.140. The van der Waals surface area contributed by atoms with Gasteiger partial charge in [0.1, 0.15) is 23.1 Å². The number of nitrogens with zero attached hydrogens (tertiary/aromatic N) is 1. The Morgan fingerprint density at radius 3 is 2.48 bits per heavy atom. The SMILES string of the molecule is COc1ccc(Cl)cc1/C(O)=C1\C(=O)C(=O)N(Cc2ccc(F)cc2)C1c1cccc(O)c1. The molecular formula is C25H19ClFNO5. The van der Waals surface area contributed by atoms with Crippen LogP contribution in [0.4, 0.5) is 4.39 Å². The molecule has 1 aliphatic heterocycles. The molecular weight excluding hydrogens is 449 g/mol. The van der Waals surface area contributed by atoms with E-state index in [4.69, 9.17) is 16.3 Å². The van der Waals surface area contributed by atoms with Gasteiger partial charge >= 0.3 is 0 Å². The second-order valence-electron chi connectivity index (χ2n) is 7.49. The van der Waals surface area contributed by atoms with Gasteiger partial charge in [0, 0.05) is 11.6 Å². The molecule has 1 heterocycles. The molecule has 1 fully saturated rings. The van der Waals surface area contributed by atoms with Gasteiger partial charge in [0.2, 0.25) is 0 Å². The largest absolute Gasteiger partial charge is 0.508 e. The van der Waals surface area contributed by atoms with Crippen LogP contribution < -0.4 is 4.74 Å². The van der Waals surface area contributed by atoms with Crippen LogP contribution in [0.5, 0.6) is 11.5 Å². The molecule has 0 aliphatic carbocycles. The third kappa shape index (κ3) is 4.27. The smallest absolute Gasteiger partial charge is 0.295 e. The maximum Gasteiger partial charge on any atom is 0.295 e. The number of amides is 1. The second-order valence-corrected chi connectivity index (χ2v) is 7.93. The lowest BCUT2D eigenvalue weighted by Crippen LogP contribution is -2.29. The number of aromatic hydroxyl groups is 1.